The van der Waals surface area contributed by atoms with Crippen molar-refractivity contribution in [3.63, 3.8) is 0 Å². The summed E-state index contributed by atoms with van der Waals surface area (Å²) in [5.41, 5.74) is 0. The molecule has 0 aromatic carbocycles. The molecule has 0 spiro atoms. The first-order chi connectivity index (χ1) is 8.27. The molecule has 98 valence electrons. The van der Waals surface area contributed by atoms with Crippen molar-refractivity contribution in [2.45, 2.75) is 38.6 Å². The largest absolute Gasteiger partial charge is 0.340 e. The quantitative estimate of drug-likeness (QED) is 0.787. The first-order valence-corrected chi connectivity index (χ1v) is 7.02. The van der Waals surface area contributed by atoms with Crippen LogP contribution in [0.25, 0.3) is 0 Å². The summed E-state index contributed by atoms with van der Waals surface area (Å²) < 4.78 is 0. The Morgan fingerprint density at radius 1 is 1.12 bits per heavy atom. The van der Waals surface area contributed by atoms with Gasteiger partial charge in [-0.25, -0.2) is 0 Å². The van der Waals surface area contributed by atoms with Crippen molar-refractivity contribution in [1.82, 2.24) is 15.1 Å². The van der Waals surface area contributed by atoms with E-state index in [2.05, 4.69) is 10.2 Å². The first kappa shape index (κ1) is 12.8. The lowest BCUT2D eigenvalue weighted by Gasteiger charge is -2.30. The molecule has 1 atom stereocenters. The molecule has 0 aromatic heterocycles. The fraction of sp³-hybridized carbons (Fsp3) is 0.923. The highest BCUT2D eigenvalue weighted by molar-refractivity contribution is 5.81. The Morgan fingerprint density at radius 3 is 2.65 bits per heavy atom. The lowest BCUT2D eigenvalue weighted by Crippen LogP contribution is -2.45. The fourth-order valence-corrected chi connectivity index (χ4v) is 2.73. The summed E-state index contributed by atoms with van der Waals surface area (Å²) >= 11 is 0. The van der Waals surface area contributed by atoms with E-state index in [-0.39, 0.29) is 11.9 Å². The van der Waals surface area contributed by atoms with Crippen molar-refractivity contribution < 1.29 is 4.79 Å². The van der Waals surface area contributed by atoms with Crippen LogP contribution in [-0.2, 0) is 4.79 Å². The lowest BCUT2D eigenvalue weighted by molar-refractivity contribution is -0.132. The molecule has 4 heteroatoms. The molecule has 0 saturated carbocycles. The van der Waals surface area contributed by atoms with Crippen LogP contribution in [0, 0.1) is 0 Å². The van der Waals surface area contributed by atoms with Gasteiger partial charge < -0.3 is 15.1 Å². The molecule has 2 heterocycles. The Bertz CT molecular complexity index is 251. The normalized spacial score (nSPS) is 28.2. The van der Waals surface area contributed by atoms with Crippen molar-refractivity contribution in [3.05, 3.63) is 0 Å². The number of amides is 1. The molecule has 2 aliphatic heterocycles. The Balaban J connectivity index is 1.78. The molecule has 0 radical (unpaired) electrons. The second-order valence-electron chi connectivity index (χ2n) is 5.26. The maximum Gasteiger partial charge on any atom is 0.239 e. The molecule has 0 aliphatic carbocycles. The number of nitrogens with zero attached hydrogens (tertiary/aromatic N) is 2. The second kappa shape index (κ2) is 6.36. The molecule has 0 aromatic rings. The molecule has 17 heavy (non-hydrogen) atoms. The second-order valence-corrected chi connectivity index (χ2v) is 5.26. The van der Waals surface area contributed by atoms with E-state index in [0.717, 1.165) is 32.6 Å². The standard InChI is InChI=1S/C13H25N3O/c1-12-13(17)16(9-5-6-14-12)11-10-15-7-3-2-4-8-15/h12,14H,2-11H2,1H3. The summed E-state index contributed by atoms with van der Waals surface area (Å²) in [4.78, 5) is 16.6. The van der Waals surface area contributed by atoms with Gasteiger partial charge in [0.05, 0.1) is 6.04 Å². The van der Waals surface area contributed by atoms with Crippen LogP contribution in [0.1, 0.15) is 32.6 Å². The monoisotopic (exact) mass is 239 g/mol. The number of piperidine rings is 1. The third-order valence-electron chi connectivity index (χ3n) is 3.87. The van der Waals surface area contributed by atoms with Gasteiger partial charge in [0.1, 0.15) is 0 Å². The van der Waals surface area contributed by atoms with Crippen LogP contribution in [0.15, 0.2) is 0 Å². The molecule has 0 bridgehead atoms. The van der Waals surface area contributed by atoms with E-state index >= 15 is 0 Å². The zero-order valence-electron chi connectivity index (χ0n) is 11.0. The van der Waals surface area contributed by atoms with Crippen LogP contribution >= 0.6 is 0 Å². The van der Waals surface area contributed by atoms with Gasteiger partial charge in [0, 0.05) is 19.6 Å². The number of carbonyl (C=O) groups excluding carboxylic acids is 1. The van der Waals surface area contributed by atoms with E-state index in [9.17, 15) is 4.79 Å². The van der Waals surface area contributed by atoms with Gasteiger partial charge in [-0.2, -0.15) is 0 Å². The minimum absolute atomic E-state index is 0.00106. The number of rotatable bonds is 3. The van der Waals surface area contributed by atoms with E-state index in [1.807, 2.05) is 11.8 Å². The van der Waals surface area contributed by atoms with Crippen LogP contribution in [0.3, 0.4) is 0 Å². The highest BCUT2D eigenvalue weighted by atomic mass is 16.2. The zero-order valence-corrected chi connectivity index (χ0v) is 11.0. The Morgan fingerprint density at radius 2 is 1.88 bits per heavy atom. The molecule has 2 saturated heterocycles. The lowest BCUT2D eigenvalue weighted by atomic mass is 10.1. The number of hydrogen-bond acceptors (Lipinski definition) is 3. The maximum absolute atomic E-state index is 12.1. The number of carbonyl (C=O) groups is 1. The highest BCUT2D eigenvalue weighted by Crippen LogP contribution is 2.09. The van der Waals surface area contributed by atoms with Gasteiger partial charge in [0.2, 0.25) is 5.91 Å². The predicted octanol–water partition coefficient (Wildman–Crippen LogP) is 0.683. The number of hydrogen-bond donors (Lipinski definition) is 1. The smallest absolute Gasteiger partial charge is 0.239 e. The van der Waals surface area contributed by atoms with Crippen molar-refractivity contribution in [3.8, 4) is 0 Å². The van der Waals surface area contributed by atoms with E-state index in [4.69, 9.17) is 0 Å². The SMILES string of the molecule is CC1NCCCN(CCN2CCCCC2)C1=O. The molecule has 4 nitrogen and oxygen atoms in total. The van der Waals surface area contributed by atoms with Gasteiger partial charge in [0.15, 0.2) is 0 Å². The van der Waals surface area contributed by atoms with Gasteiger partial charge in [-0.15, -0.1) is 0 Å². The number of nitrogens with one attached hydrogen (secondary N) is 1. The van der Waals surface area contributed by atoms with Crippen molar-refractivity contribution in [2.75, 3.05) is 39.3 Å². The maximum atomic E-state index is 12.1. The van der Waals surface area contributed by atoms with Crippen LogP contribution in [-0.4, -0.2) is 61.0 Å². The van der Waals surface area contributed by atoms with Gasteiger partial charge in [-0.1, -0.05) is 6.42 Å². The Hall–Kier alpha value is -0.610. The highest BCUT2D eigenvalue weighted by Gasteiger charge is 2.23. The van der Waals surface area contributed by atoms with Gasteiger partial charge >= 0.3 is 0 Å². The van der Waals surface area contributed by atoms with Crippen molar-refractivity contribution in [2.24, 2.45) is 0 Å². The van der Waals surface area contributed by atoms with Gasteiger partial charge in [-0.3, -0.25) is 4.79 Å². The molecule has 2 rings (SSSR count). The molecular weight excluding hydrogens is 214 g/mol. The van der Waals surface area contributed by atoms with Crippen LogP contribution in [0.5, 0.6) is 0 Å². The topological polar surface area (TPSA) is 35.6 Å². The van der Waals surface area contributed by atoms with E-state index in [1.54, 1.807) is 0 Å². The number of likely N-dealkylation sites (tertiary alicyclic amines) is 1. The van der Waals surface area contributed by atoms with Crippen LogP contribution in [0.4, 0.5) is 0 Å². The van der Waals surface area contributed by atoms with E-state index in [0.29, 0.717) is 0 Å². The van der Waals surface area contributed by atoms with Crippen LogP contribution in [0.2, 0.25) is 0 Å². The molecule has 1 unspecified atom stereocenters. The summed E-state index contributed by atoms with van der Waals surface area (Å²) in [5.74, 6) is 0.277. The minimum atomic E-state index is -0.00106. The molecular formula is C13H25N3O. The summed E-state index contributed by atoms with van der Waals surface area (Å²) in [5, 5.41) is 3.26. The third-order valence-corrected chi connectivity index (χ3v) is 3.87. The summed E-state index contributed by atoms with van der Waals surface area (Å²) in [6.45, 7) is 8.26. The molecule has 2 fully saturated rings. The van der Waals surface area contributed by atoms with E-state index < -0.39 is 0 Å². The third kappa shape index (κ3) is 3.68. The van der Waals surface area contributed by atoms with Gasteiger partial charge in [-0.05, 0) is 45.8 Å². The minimum Gasteiger partial charge on any atom is -0.340 e. The average molecular weight is 239 g/mol. The summed E-state index contributed by atoms with van der Waals surface area (Å²) in [6, 6.07) is -0.00106. The zero-order chi connectivity index (χ0) is 12.1. The summed E-state index contributed by atoms with van der Waals surface area (Å²) in [6.07, 6.45) is 5.11. The average Bonchev–Trinajstić information content (AvgIpc) is 2.52. The Kier molecular flexibility index (Phi) is 4.80. The Labute approximate surface area is 104 Å². The van der Waals surface area contributed by atoms with Gasteiger partial charge in [0.25, 0.3) is 0 Å². The van der Waals surface area contributed by atoms with Crippen molar-refractivity contribution >= 4 is 5.91 Å². The fourth-order valence-electron chi connectivity index (χ4n) is 2.73. The van der Waals surface area contributed by atoms with Crippen LogP contribution < -0.4 is 5.32 Å². The predicted molar refractivity (Wildman–Crippen MR) is 69.0 cm³/mol. The molecule has 1 N–H and O–H groups in total. The van der Waals surface area contributed by atoms with E-state index in [1.165, 1.54) is 32.4 Å². The molecule has 1 amide bonds. The summed E-state index contributed by atoms with van der Waals surface area (Å²) in [7, 11) is 0. The molecule has 2 aliphatic rings. The van der Waals surface area contributed by atoms with Crippen molar-refractivity contribution in [1.29, 1.82) is 0 Å². The first-order valence-electron chi connectivity index (χ1n) is 7.02.